The molecule has 0 aliphatic carbocycles. The fourth-order valence-corrected chi connectivity index (χ4v) is 3.61. The monoisotopic (exact) mass is 640 g/mol. The minimum Gasteiger partial charge on any atom is -0.324 e. The summed E-state index contributed by atoms with van der Waals surface area (Å²) in [5.41, 5.74) is 2.07. The van der Waals surface area contributed by atoms with E-state index in [0.29, 0.717) is 5.54 Å². The van der Waals surface area contributed by atoms with Crippen molar-refractivity contribution in [2.45, 2.75) is 130 Å². The maximum absolute atomic E-state index is 2.37. The van der Waals surface area contributed by atoms with E-state index in [2.05, 4.69) is 107 Å². The van der Waals surface area contributed by atoms with Crippen LogP contribution >= 0.6 is 0 Å². The molecule has 0 spiro atoms. The van der Waals surface area contributed by atoms with Gasteiger partial charge in [0.05, 0.1) is 45.8 Å². The van der Waals surface area contributed by atoms with E-state index < -0.39 is 0 Å². The molecule has 0 bridgehead atoms. The number of rotatable bonds is 13. The average Bonchev–Trinajstić information content (AvgIpc) is 2.68. The van der Waals surface area contributed by atoms with Gasteiger partial charge < -0.3 is 8.97 Å². The minimum atomic E-state index is 0. The topological polar surface area (TPSA) is 0 Å². The standard InChI is InChI=1S/C18H40N.C13H22N.2Y/c1-7-8-9-10-11-12-13-14-15-16-17-19(5,6)18(2,3)4;1-13(2,3)14(4,5)11-12-9-7-6-8-10-12;;/h7-17H2,1-6H3;6-10H,11H2,1-5H3;;/q2*+1;;. The number of quaternary nitrogens is 2. The predicted octanol–water partition coefficient (Wildman–Crippen LogP) is 8.84. The summed E-state index contributed by atoms with van der Waals surface area (Å²) in [6, 6.07) is 10.7. The number of hydrogen-bond acceptors (Lipinski definition) is 0. The van der Waals surface area contributed by atoms with Crippen molar-refractivity contribution in [3.8, 4) is 0 Å². The summed E-state index contributed by atoms with van der Waals surface area (Å²) in [7, 11) is 9.31. The van der Waals surface area contributed by atoms with E-state index in [9.17, 15) is 0 Å². The van der Waals surface area contributed by atoms with E-state index in [1.165, 1.54) is 76.3 Å². The van der Waals surface area contributed by atoms with E-state index in [1.807, 2.05) is 0 Å². The molecule has 0 unspecified atom stereocenters. The molecule has 0 amide bonds. The van der Waals surface area contributed by atoms with Gasteiger partial charge in [-0.25, -0.2) is 0 Å². The summed E-state index contributed by atoms with van der Waals surface area (Å²) >= 11 is 0. The Morgan fingerprint density at radius 1 is 0.543 bits per heavy atom. The van der Waals surface area contributed by atoms with Crippen LogP contribution in [0.15, 0.2) is 30.3 Å². The van der Waals surface area contributed by atoms with Gasteiger partial charge in [0, 0.05) is 71.0 Å². The quantitative estimate of drug-likeness (QED) is 0.149. The van der Waals surface area contributed by atoms with Crippen molar-refractivity contribution in [1.82, 2.24) is 0 Å². The fourth-order valence-electron chi connectivity index (χ4n) is 3.61. The molecule has 0 saturated carbocycles. The largest absolute Gasteiger partial charge is 0.324 e. The summed E-state index contributed by atoms with van der Waals surface area (Å²) < 4.78 is 2.15. The molecule has 0 heterocycles. The van der Waals surface area contributed by atoms with Crippen LogP contribution in [0.2, 0.25) is 0 Å². The third kappa shape index (κ3) is 19.1. The molecule has 0 aliphatic heterocycles. The molecule has 0 N–H and O–H groups in total. The number of nitrogens with zero attached hydrogens (tertiary/aromatic N) is 2. The molecule has 0 saturated heterocycles. The smallest absolute Gasteiger partial charge is 0.104 e. The maximum atomic E-state index is 2.37. The van der Waals surface area contributed by atoms with Gasteiger partial charge in [-0.2, -0.15) is 0 Å². The molecule has 2 radical (unpaired) electrons. The third-order valence-corrected chi connectivity index (χ3v) is 8.12. The zero-order valence-corrected chi connectivity index (χ0v) is 31.6. The molecule has 0 aromatic heterocycles. The normalized spacial score (nSPS) is 12.2. The first-order valence-corrected chi connectivity index (χ1v) is 13.8. The molecular formula is C31H62N2Y2+2. The molecule has 1 aromatic carbocycles. The second-order valence-electron chi connectivity index (χ2n) is 13.3. The first kappa shape index (κ1) is 40.8. The van der Waals surface area contributed by atoms with Crippen LogP contribution in [0.25, 0.3) is 0 Å². The Morgan fingerprint density at radius 3 is 1.29 bits per heavy atom. The van der Waals surface area contributed by atoms with E-state index in [1.54, 1.807) is 0 Å². The molecular weight excluding hydrogens is 578 g/mol. The fraction of sp³-hybridized carbons (Fsp3) is 0.806. The molecule has 1 rings (SSSR count). The first-order valence-electron chi connectivity index (χ1n) is 13.8. The van der Waals surface area contributed by atoms with Crippen LogP contribution in [-0.2, 0) is 72.0 Å². The first-order chi connectivity index (χ1) is 15.1. The Morgan fingerprint density at radius 2 is 0.914 bits per heavy atom. The second-order valence-corrected chi connectivity index (χ2v) is 13.3. The Labute approximate surface area is 272 Å². The Hall–Kier alpha value is 1.35. The van der Waals surface area contributed by atoms with Crippen molar-refractivity contribution >= 4 is 0 Å². The van der Waals surface area contributed by atoms with Gasteiger partial charge in [0.15, 0.2) is 0 Å². The van der Waals surface area contributed by atoms with Crippen LogP contribution in [0.3, 0.4) is 0 Å². The van der Waals surface area contributed by atoms with Gasteiger partial charge in [-0.05, 0) is 54.4 Å². The number of unbranched alkanes of at least 4 members (excludes halogenated alkanes) is 9. The van der Waals surface area contributed by atoms with Crippen LogP contribution in [0, 0.1) is 0 Å². The molecule has 35 heavy (non-hydrogen) atoms. The SMILES string of the molecule is CC(C)(C)[N+](C)(C)Cc1ccccc1.CCCCCCCCCCCC[N+](C)(C)C(C)(C)C.[Y].[Y]. The van der Waals surface area contributed by atoms with E-state index in [-0.39, 0.29) is 71.0 Å². The number of benzene rings is 1. The van der Waals surface area contributed by atoms with Gasteiger partial charge in [-0.15, -0.1) is 0 Å². The molecule has 4 heteroatoms. The second kappa shape index (κ2) is 20.3. The third-order valence-electron chi connectivity index (χ3n) is 8.12. The Bertz CT molecular complexity index is 599. The summed E-state index contributed by atoms with van der Waals surface area (Å²) in [6.45, 7) is 18.6. The van der Waals surface area contributed by atoms with E-state index in [0.717, 1.165) is 15.5 Å². The van der Waals surface area contributed by atoms with Crippen molar-refractivity contribution in [1.29, 1.82) is 0 Å². The van der Waals surface area contributed by atoms with Gasteiger partial charge >= 0.3 is 0 Å². The number of hydrogen-bond donors (Lipinski definition) is 0. The Balaban J connectivity index is -0.000000573. The minimum absolute atomic E-state index is 0. The van der Waals surface area contributed by atoms with E-state index >= 15 is 0 Å². The average molecular weight is 641 g/mol. The van der Waals surface area contributed by atoms with Gasteiger partial charge in [-0.3, -0.25) is 0 Å². The maximum Gasteiger partial charge on any atom is 0.104 e. The Kier molecular flexibility index (Phi) is 23.7. The van der Waals surface area contributed by atoms with Crippen molar-refractivity contribution in [2.24, 2.45) is 0 Å². The van der Waals surface area contributed by atoms with Crippen molar-refractivity contribution in [3.05, 3.63) is 35.9 Å². The summed E-state index contributed by atoms with van der Waals surface area (Å²) in [5.74, 6) is 0. The van der Waals surface area contributed by atoms with Crippen molar-refractivity contribution < 1.29 is 74.4 Å². The zero-order valence-electron chi connectivity index (χ0n) is 25.9. The van der Waals surface area contributed by atoms with Crippen LogP contribution in [0.1, 0.15) is 118 Å². The zero-order chi connectivity index (χ0) is 25.6. The van der Waals surface area contributed by atoms with Crippen LogP contribution in [0.5, 0.6) is 0 Å². The summed E-state index contributed by atoms with van der Waals surface area (Å²) in [6.07, 6.45) is 14.3. The van der Waals surface area contributed by atoms with Crippen LogP contribution in [-0.4, -0.2) is 54.8 Å². The molecule has 0 fully saturated rings. The van der Waals surface area contributed by atoms with Crippen LogP contribution < -0.4 is 0 Å². The van der Waals surface area contributed by atoms with E-state index in [4.69, 9.17) is 0 Å². The predicted molar refractivity (Wildman–Crippen MR) is 151 cm³/mol. The molecule has 200 valence electrons. The molecule has 0 atom stereocenters. The van der Waals surface area contributed by atoms with Gasteiger partial charge in [0.1, 0.15) is 6.54 Å². The molecule has 0 aliphatic rings. The summed E-state index contributed by atoms with van der Waals surface area (Å²) in [4.78, 5) is 0. The summed E-state index contributed by atoms with van der Waals surface area (Å²) in [5, 5.41) is 0. The molecule has 2 nitrogen and oxygen atoms in total. The van der Waals surface area contributed by atoms with Gasteiger partial charge in [0.25, 0.3) is 0 Å². The van der Waals surface area contributed by atoms with Gasteiger partial charge in [0.2, 0.25) is 0 Å². The van der Waals surface area contributed by atoms with Crippen molar-refractivity contribution in [3.63, 3.8) is 0 Å². The van der Waals surface area contributed by atoms with Crippen LogP contribution in [0.4, 0.5) is 0 Å². The van der Waals surface area contributed by atoms with Crippen molar-refractivity contribution in [2.75, 3.05) is 34.7 Å². The molecule has 1 aromatic rings. The van der Waals surface area contributed by atoms with Gasteiger partial charge in [-0.1, -0.05) is 88.6 Å².